The Morgan fingerprint density at radius 1 is 1.31 bits per heavy atom. The van der Waals surface area contributed by atoms with E-state index in [1.165, 1.54) is 0 Å². The molecule has 0 aromatic rings. The van der Waals surface area contributed by atoms with Crippen molar-refractivity contribution in [2.24, 2.45) is 5.73 Å². The first kappa shape index (κ1) is 13.5. The van der Waals surface area contributed by atoms with Gasteiger partial charge in [-0.3, -0.25) is 4.79 Å². The van der Waals surface area contributed by atoms with Crippen molar-refractivity contribution in [1.82, 2.24) is 10.2 Å². The second-order valence-corrected chi connectivity index (χ2v) is 4.65. The molecule has 94 valence electrons. The second kappa shape index (κ2) is 6.21. The van der Waals surface area contributed by atoms with Crippen molar-refractivity contribution in [3.8, 4) is 0 Å². The van der Waals surface area contributed by atoms with E-state index in [0.29, 0.717) is 0 Å². The Labute approximate surface area is 98.6 Å². The molecule has 0 aromatic carbocycles. The normalized spacial score (nSPS) is 17.5. The highest BCUT2D eigenvalue weighted by atomic mass is 16.2. The van der Waals surface area contributed by atoms with Gasteiger partial charge in [0.1, 0.15) is 0 Å². The molecule has 0 spiro atoms. The lowest BCUT2D eigenvalue weighted by Gasteiger charge is -2.17. The zero-order valence-corrected chi connectivity index (χ0v) is 10.6. The SMILES string of the molecule is CCN(CC)CCCCNC(=O)C1(N)CC1. The molecule has 4 heteroatoms. The number of rotatable bonds is 8. The monoisotopic (exact) mass is 227 g/mol. The van der Waals surface area contributed by atoms with E-state index >= 15 is 0 Å². The van der Waals surface area contributed by atoms with Crippen molar-refractivity contribution >= 4 is 5.91 Å². The summed E-state index contributed by atoms with van der Waals surface area (Å²) in [6.45, 7) is 8.45. The van der Waals surface area contributed by atoms with Crippen LogP contribution in [0.25, 0.3) is 0 Å². The topological polar surface area (TPSA) is 58.4 Å². The molecular weight excluding hydrogens is 202 g/mol. The van der Waals surface area contributed by atoms with Crippen LogP contribution in [0.15, 0.2) is 0 Å². The molecule has 0 heterocycles. The number of hydrogen-bond acceptors (Lipinski definition) is 3. The van der Waals surface area contributed by atoms with Crippen LogP contribution in [-0.4, -0.2) is 42.5 Å². The smallest absolute Gasteiger partial charge is 0.240 e. The Morgan fingerprint density at radius 2 is 1.94 bits per heavy atom. The summed E-state index contributed by atoms with van der Waals surface area (Å²) in [7, 11) is 0. The molecule has 4 nitrogen and oxygen atoms in total. The second-order valence-electron chi connectivity index (χ2n) is 4.65. The highest BCUT2D eigenvalue weighted by Gasteiger charge is 2.45. The lowest BCUT2D eigenvalue weighted by Crippen LogP contribution is -2.43. The number of carbonyl (C=O) groups is 1. The van der Waals surface area contributed by atoms with Gasteiger partial charge in [0.2, 0.25) is 5.91 Å². The highest BCUT2D eigenvalue weighted by molar-refractivity contribution is 5.88. The highest BCUT2D eigenvalue weighted by Crippen LogP contribution is 2.31. The Bertz CT molecular complexity index is 222. The molecule has 0 aliphatic heterocycles. The average Bonchev–Trinajstić information content (AvgIpc) is 3.03. The maximum Gasteiger partial charge on any atom is 0.240 e. The first-order valence-electron chi connectivity index (χ1n) is 6.42. The van der Waals surface area contributed by atoms with E-state index in [1.807, 2.05) is 0 Å². The summed E-state index contributed by atoms with van der Waals surface area (Å²) in [5.74, 6) is 0.0374. The predicted octanol–water partition coefficient (Wildman–Crippen LogP) is 0.716. The molecule has 16 heavy (non-hydrogen) atoms. The van der Waals surface area contributed by atoms with Crippen molar-refractivity contribution < 1.29 is 4.79 Å². The molecule has 0 radical (unpaired) electrons. The summed E-state index contributed by atoms with van der Waals surface area (Å²) in [6.07, 6.45) is 3.87. The molecule has 3 N–H and O–H groups in total. The minimum absolute atomic E-state index is 0.0374. The Kier molecular flexibility index (Phi) is 5.22. The van der Waals surface area contributed by atoms with Gasteiger partial charge in [-0.05, 0) is 45.3 Å². The third-order valence-electron chi connectivity index (χ3n) is 3.32. The third kappa shape index (κ3) is 4.10. The van der Waals surface area contributed by atoms with Gasteiger partial charge in [0, 0.05) is 6.54 Å². The van der Waals surface area contributed by atoms with Crippen LogP contribution in [0, 0.1) is 0 Å². The van der Waals surface area contributed by atoms with Gasteiger partial charge in [-0.15, -0.1) is 0 Å². The third-order valence-corrected chi connectivity index (χ3v) is 3.32. The van der Waals surface area contributed by atoms with E-state index in [9.17, 15) is 4.79 Å². The lowest BCUT2D eigenvalue weighted by atomic mass is 10.2. The van der Waals surface area contributed by atoms with Crippen molar-refractivity contribution in [3.63, 3.8) is 0 Å². The van der Waals surface area contributed by atoms with Gasteiger partial charge >= 0.3 is 0 Å². The number of amides is 1. The van der Waals surface area contributed by atoms with Crippen LogP contribution in [-0.2, 0) is 4.79 Å². The lowest BCUT2D eigenvalue weighted by molar-refractivity contribution is -0.123. The van der Waals surface area contributed by atoms with Crippen LogP contribution in [0.3, 0.4) is 0 Å². The van der Waals surface area contributed by atoms with Gasteiger partial charge in [0.15, 0.2) is 0 Å². The van der Waals surface area contributed by atoms with E-state index in [2.05, 4.69) is 24.1 Å². The molecule has 1 aliphatic rings. The van der Waals surface area contributed by atoms with Crippen LogP contribution < -0.4 is 11.1 Å². The molecule has 0 saturated heterocycles. The van der Waals surface area contributed by atoms with E-state index in [0.717, 1.165) is 51.9 Å². The van der Waals surface area contributed by atoms with Gasteiger partial charge in [-0.25, -0.2) is 0 Å². The zero-order chi connectivity index (χ0) is 12.0. The molecule has 0 unspecified atom stereocenters. The first-order valence-corrected chi connectivity index (χ1v) is 6.42. The Morgan fingerprint density at radius 3 is 2.44 bits per heavy atom. The number of nitrogens with one attached hydrogen (secondary N) is 1. The van der Waals surface area contributed by atoms with Gasteiger partial charge in [0.05, 0.1) is 5.54 Å². The Balaban J connectivity index is 1.97. The van der Waals surface area contributed by atoms with Crippen LogP contribution >= 0.6 is 0 Å². The molecule has 1 saturated carbocycles. The number of carbonyl (C=O) groups excluding carboxylic acids is 1. The zero-order valence-electron chi connectivity index (χ0n) is 10.6. The molecule has 1 rings (SSSR count). The van der Waals surface area contributed by atoms with Gasteiger partial charge in [-0.2, -0.15) is 0 Å². The van der Waals surface area contributed by atoms with Gasteiger partial charge in [0.25, 0.3) is 0 Å². The van der Waals surface area contributed by atoms with Crippen LogP contribution in [0.4, 0.5) is 0 Å². The summed E-state index contributed by atoms with van der Waals surface area (Å²) >= 11 is 0. The largest absolute Gasteiger partial charge is 0.355 e. The minimum atomic E-state index is -0.515. The molecule has 0 atom stereocenters. The summed E-state index contributed by atoms with van der Waals surface area (Å²) in [5, 5.41) is 2.91. The Hall–Kier alpha value is -0.610. The fraction of sp³-hybridized carbons (Fsp3) is 0.917. The van der Waals surface area contributed by atoms with E-state index < -0.39 is 5.54 Å². The summed E-state index contributed by atoms with van der Waals surface area (Å²) in [6, 6.07) is 0. The fourth-order valence-corrected chi connectivity index (χ4v) is 1.74. The van der Waals surface area contributed by atoms with Crippen molar-refractivity contribution in [1.29, 1.82) is 0 Å². The number of hydrogen-bond donors (Lipinski definition) is 2. The maximum atomic E-state index is 11.5. The summed E-state index contributed by atoms with van der Waals surface area (Å²) in [4.78, 5) is 13.9. The quantitative estimate of drug-likeness (QED) is 0.601. The van der Waals surface area contributed by atoms with Crippen LogP contribution in [0.1, 0.15) is 39.5 Å². The van der Waals surface area contributed by atoms with Gasteiger partial charge in [-0.1, -0.05) is 13.8 Å². The maximum absolute atomic E-state index is 11.5. The van der Waals surface area contributed by atoms with E-state index in [-0.39, 0.29) is 5.91 Å². The van der Waals surface area contributed by atoms with Crippen LogP contribution in [0.2, 0.25) is 0 Å². The molecule has 1 aliphatic carbocycles. The predicted molar refractivity (Wildman–Crippen MR) is 66.2 cm³/mol. The number of unbranched alkanes of at least 4 members (excludes halogenated alkanes) is 1. The fourth-order valence-electron chi connectivity index (χ4n) is 1.74. The summed E-state index contributed by atoms with van der Waals surface area (Å²) in [5.41, 5.74) is 5.26. The minimum Gasteiger partial charge on any atom is -0.355 e. The number of nitrogens with two attached hydrogens (primary N) is 1. The molecular formula is C12H25N3O. The molecule has 1 amide bonds. The van der Waals surface area contributed by atoms with Gasteiger partial charge < -0.3 is 16.0 Å². The summed E-state index contributed by atoms with van der Waals surface area (Å²) < 4.78 is 0. The van der Waals surface area contributed by atoms with E-state index in [1.54, 1.807) is 0 Å². The van der Waals surface area contributed by atoms with Crippen molar-refractivity contribution in [3.05, 3.63) is 0 Å². The first-order chi connectivity index (χ1) is 7.62. The number of nitrogens with zero attached hydrogens (tertiary/aromatic N) is 1. The molecule has 0 aromatic heterocycles. The average molecular weight is 227 g/mol. The standard InChI is InChI=1S/C12H25N3O/c1-3-15(4-2)10-6-5-9-14-11(16)12(13)7-8-12/h3-10,13H2,1-2H3,(H,14,16). The molecule has 1 fully saturated rings. The van der Waals surface area contributed by atoms with Crippen LogP contribution in [0.5, 0.6) is 0 Å². The molecule has 0 bridgehead atoms. The van der Waals surface area contributed by atoms with E-state index in [4.69, 9.17) is 5.73 Å². The van der Waals surface area contributed by atoms with Crippen molar-refractivity contribution in [2.45, 2.75) is 45.1 Å². The van der Waals surface area contributed by atoms with Crippen molar-refractivity contribution in [2.75, 3.05) is 26.2 Å².